The molecule has 0 aliphatic rings. The molecule has 0 spiro atoms. The van der Waals surface area contributed by atoms with Gasteiger partial charge in [0.2, 0.25) is 5.91 Å². The van der Waals surface area contributed by atoms with E-state index in [-0.39, 0.29) is 16.6 Å². The number of hydrogen-bond acceptors (Lipinski definition) is 5. The van der Waals surface area contributed by atoms with Crippen molar-refractivity contribution >= 4 is 27.4 Å². The van der Waals surface area contributed by atoms with Crippen LogP contribution in [0.25, 0.3) is 0 Å². The van der Waals surface area contributed by atoms with E-state index in [1.54, 1.807) is 29.3 Å². The third kappa shape index (κ3) is 4.45. The molecule has 2 N–H and O–H groups in total. The first kappa shape index (κ1) is 17.6. The molecule has 0 radical (unpaired) electrons. The van der Waals surface area contributed by atoms with Gasteiger partial charge in [0.15, 0.2) is 5.82 Å². The lowest BCUT2D eigenvalue weighted by Gasteiger charge is -2.07. The quantitative estimate of drug-likeness (QED) is 0.690. The summed E-state index contributed by atoms with van der Waals surface area (Å²) in [5, 5.41) is 6.81. The predicted octanol–water partition coefficient (Wildman–Crippen LogP) is 2.09. The molecule has 3 aromatic rings. The minimum atomic E-state index is -3.77. The van der Waals surface area contributed by atoms with Gasteiger partial charge in [0.1, 0.15) is 0 Å². The smallest absolute Gasteiger partial charge is 0.263 e. The van der Waals surface area contributed by atoms with Crippen molar-refractivity contribution in [1.82, 2.24) is 14.8 Å². The van der Waals surface area contributed by atoms with Crippen LogP contribution in [0.15, 0.2) is 66.0 Å². The van der Waals surface area contributed by atoms with E-state index in [1.807, 2.05) is 12.1 Å². The lowest BCUT2D eigenvalue weighted by atomic mass is 10.3. The molecule has 0 aliphatic heterocycles. The highest BCUT2D eigenvalue weighted by atomic mass is 32.2. The van der Waals surface area contributed by atoms with Gasteiger partial charge in [-0.25, -0.2) is 8.42 Å². The maximum atomic E-state index is 12.4. The van der Waals surface area contributed by atoms with Gasteiger partial charge in [-0.05, 0) is 42.0 Å². The zero-order valence-electron chi connectivity index (χ0n) is 14.0. The van der Waals surface area contributed by atoms with Crippen molar-refractivity contribution in [2.24, 2.45) is 0 Å². The van der Waals surface area contributed by atoms with Gasteiger partial charge >= 0.3 is 0 Å². The maximum absolute atomic E-state index is 12.4. The molecular formula is C17H17N5O3S. The predicted molar refractivity (Wildman–Crippen MR) is 97.1 cm³/mol. The molecule has 3 rings (SSSR count). The molecule has 1 amide bonds. The van der Waals surface area contributed by atoms with E-state index in [0.29, 0.717) is 12.2 Å². The van der Waals surface area contributed by atoms with Crippen molar-refractivity contribution in [3.05, 3.63) is 66.6 Å². The number of nitrogens with zero attached hydrogens (tertiary/aromatic N) is 3. The average molecular weight is 371 g/mol. The summed E-state index contributed by atoms with van der Waals surface area (Å²) < 4.78 is 29.0. The first-order chi connectivity index (χ1) is 12.4. The number of carbonyl (C=O) groups excluding carboxylic acids is 1. The number of hydrogen-bond donors (Lipinski definition) is 2. The Balaban J connectivity index is 1.70. The highest BCUT2D eigenvalue weighted by molar-refractivity contribution is 7.92. The van der Waals surface area contributed by atoms with Crippen molar-refractivity contribution in [3.63, 3.8) is 0 Å². The van der Waals surface area contributed by atoms with Crippen molar-refractivity contribution in [3.8, 4) is 0 Å². The topological polar surface area (TPSA) is 106 Å². The summed E-state index contributed by atoms with van der Waals surface area (Å²) in [6, 6.07) is 11.2. The molecule has 0 bridgehead atoms. The molecule has 0 unspecified atom stereocenters. The molecule has 0 atom stereocenters. The van der Waals surface area contributed by atoms with Crippen LogP contribution in [0, 0.1) is 0 Å². The molecule has 2 heterocycles. The highest BCUT2D eigenvalue weighted by Gasteiger charge is 2.15. The van der Waals surface area contributed by atoms with Crippen molar-refractivity contribution in [2.75, 3.05) is 10.0 Å². The molecule has 0 saturated heterocycles. The van der Waals surface area contributed by atoms with Crippen LogP contribution >= 0.6 is 0 Å². The molecule has 26 heavy (non-hydrogen) atoms. The summed E-state index contributed by atoms with van der Waals surface area (Å²) in [6.07, 6.45) is 5.07. The van der Waals surface area contributed by atoms with Crippen molar-refractivity contribution in [1.29, 1.82) is 0 Å². The van der Waals surface area contributed by atoms with Crippen LogP contribution < -0.4 is 10.0 Å². The van der Waals surface area contributed by atoms with Gasteiger partial charge in [-0.15, -0.1) is 0 Å². The number of anilines is 2. The molecule has 9 heteroatoms. The molecule has 0 aliphatic carbocycles. The Kier molecular flexibility index (Phi) is 4.99. The summed E-state index contributed by atoms with van der Waals surface area (Å²) >= 11 is 0. The Morgan fingerprint density at radius 3 is 2.42 bits per heavy atom. The number of sulfonamides is 1. The summed E-state index contributed by atoms with van der Waals surface area (Å²) in [4.78, 5) is 15.0. The lowest BCUT2D eigenvalue weighted by Crippen LogP contribution is -2.14. The van der Waals surface area contributed by atoms with Gasteiger partial charge in [0.25, 0.3) is 10.0 Å². The average Bonchev–Trinajstić information content (AvgIpc) is 3.02. The van der Waals surface area contributed by atoms with Crippen molar-refractivity contribution in [2.45, 2.75) is 18.4 Å². The van der Waals surface area contributed by atoms with Crippen molar-refractivity contribution < 1.29 is 13.2 Å². The third-order valence-electron chi connectivity index (χ3n) is 3.46. The zero-order valence-corrected chi connectivity index (χ0v) is 14.8. The van der Waals surface area contributed by atoms with Crippen LogP contribution in [-0.2, 0) is 21.4 Å². The normalized spacial score (nSPS) is 11.1. The molecule has 1 aromatic carbocycles. The fourth-order valence-corrected chi connectivity index (χ4v) is 3.29. The minimum Gasteiger partial charge on any atom is -0.326 e. The minimum absolute atomic E-state index is 0.0790. The van der Waals surface area contributed by atoms with E-state index in [9.17, 15) is 13.2 Å². The van der Waals surface area contributed by atoms with E-state index >= 15 is 0 Å². The largest absolute Gasteiger partial charge is 0.326 e. The van der Waals surface area contributed by atoms with E-state index in [4.69, 9.17) is 0 Å². The summed E-state index contributed by atoms with van der Waals surface area (Å²) in [5.74, 6) is 0.00321. The number of nitrogens with one attached hydrogen (secondary N) is 2. The fraction of sp³-hybridized carbons (Fsp3) is 0.118. The fourth-order valence-electron chi connectivity index (χ4n) is 2.30. The van der Waals surface area contributed by atoms with E-state index < -0.39 is 10.0 Å². The second kappa shape index (κ2) is 7.36. The Bertz CT molecular complexity index is 998. The summed E-state index contributed by atoms with van der Waals surface area (Å²) in [6.45, 7) is 1.89. The number of benzene rings is 1. The van der Waals surface area contributed by atoms with Gasteiger partial charge in [0, 0.05) is 37.3 Å². The van der Waals surface area contributed by atoms with E-state index in [1.165, 1.54) is 31.2 Å². The molecule has 8 nitrogen and oxygen atoms in total. The second-order valence-corrected chi connectivity index (χ2v) is 7.25. The number of aromatic nitrogens is 3. The molecule has 0 fully saturated rings. The first-order valence-corrected chi connectivity index (χ1v) is 9.23. The number of carbonyl (C=O) groups is 1. The van der Waals surface area contributed by atoms with Gasteiger partial charge in [0.05, 0.1) is 11.4 Å². The Morgan fingerprint density at radius 2 is 1.77 bits per heavy atom. The summed E-state index contributed by atoms with van der Waals surface area (Å²) in [5.41, 5.74) is 1.53. The zero-order chi connectivity index (χ0) is 18.6. The standard InChI is InChI=1S/C17H17N5O3S/c1-13(23)19-15-2-4-16(5-3-15)26(24,25)21-17-8-11-22(20-17)12-14-6-9-18-10-7-14/h2-11H,12H2,1H3,(H,19,23)(H,20,21). The van der Waals surface area contributed by atoms with Crippen LogP contribution in [0.5, 0.6) is 0 Å². The van der Waals surface area contributed by atoms with Gasteiger partial charge in [-0.3, -0.25) is 19.2 Å². The van der Waals surface area contributed by atoms with Crippen LogP contribution in [-0.4, -0.2) is 29.1 Å². The Morgan fingerprint density at radius 1 is 1.08 bits per heavy atom. The molecule has 134 valence electrons. The van der Waals surface area contributed by atoms with Crippen LogP contribution in [0.4, 0.5) is 11.5 Å². The number of amides is 1. The lowest BCUT2D eigenvalue weighted by molar-refractivity contribution is -0.114. The Hall–Kier alpha value is -3.20. The van der Waals surface area contributed by atoms with Gasteiger partial charge in [-0.2, -0.15) is 5.10 Å². The SMILES string of the molecule is CC(=O)Nc1ccc(S(=O)(=O)Nc2ccn(Cc3ccncc3)n2)cc1. The van der Waals surface area contributed by atoms with Gasteiger partial charge in [-0.1, -0.05) is 0 Å². The first-order valence-electron chi connectivity index (χ1n) is 7.75. The summed E-state index contributed by atoms with van der Waals surface area (Å²) in [7, 11) is -3.77. The molecular weight excluding hydrogens is 354 g/mol. The Labute approximate surface area is 150 Å². The highest BCUT2D eigenvalue weighted by Crippen LogP contribution is 2.17. The van der Waals surface area contributed by atoms with E-state index in [2.05, 4.69) is 20.1 Å². The second-order valence-electron chi connectivity index (χ2n) is 5.57. The van der Waals surface area contributed by atoms with Crippen LogP contribution in [0.2, 0.25) is 0 Å². The third-order valence-corrected chi connectivity index (χ3v) is 4.83. The monoisotopic (exact) mass is 371 g/mol. The molecule has 2 aromatic heterocycles. The molecule has 0 saturated carbocycles. The maximum Gasteiger partial charge on any atom is 0.263 e. The van der Waals surface area contributed by atoms with E-state index in [0.717, 1.165) is 5.56 Å². The van der Waals surface area contributed by atoms with Gasteiger partial charge < -0.3 is 5.32 Å². The number of rotatable bonds is 6. The van der Waals surface area contributed by atoms with Crippen LogP contribution in [0.3, 0.4) is 0 Å². The number of pyridine rings is 1. The van der Waals surface area contributed by atoms with Crippen LogP contribution in [0.1, 0.15) is 12.5 Å².